The fourth-order valence-electron chi connectivity index (χ4n) is 1.74. The lowest BCUT2D eigenvalue weighted by atomic mass is 10.1. The Labute approximate surface area is 114 Å². The Morgan fingerprint density at radius 3 is 2.47 bits per heavy atom. The molecule has 1 aliphatic heterocycles. The zero-order chi connectivity index (χ0) is 14.3. The molecular formula is C13H24N2O4. The molecule has 0 saturated carbocycles. The molecule has 1 fully saturated rings. The lowest BCUT2D eigenvalue weighted by Crippen LogP contribution is -2.35. The summed E-state index contributed by atoms with van der Waals surface area (Å²) in [5, 5.41) is 5.74. The number of carbonyl (C=O) groups is 2. The van der Waals surface area contributed by atoms with Gasteiger partial charge in [0.2, 0.25) is 0 Å². The van der Waals surface area contributed by atoms with Crippen molar-refractivity contribution in [1.29, 1.82) is 0 Å². The number of nitrogens with one attached hydrogen (secondary N) is 2. The van der Waals surface area contributed by atoms with Gasteiger partial charge in [-0.25, -0.2) is 4.79 Å². The van der Waals surface area contributed by atoms with E-state index in [-0.39, 0.29) is 25.0 Å². The SMILES string of the molecule is CC(C)(C)OC(=O)NCCC(=O)OC1CCNCC1. The van der Waals surface area contributed by atoms with Crippen LogP contribution >= 0.6 is 0 Å². The molecule has 1 rings (SSSR count). The number of esters is 1. The van der Waals surface area contributed by atoms with Gasteiger partial charge in [0.05, 0.1) is 6.42 Å². The number of alkyl carbamates (subject to hydrolysis) is 1. The van der Waals surface area contributed by atoms with Gasteiger partial charge in [0.25, 0.3) is 0 Å². The molecule has 0 aromatic carbocycles. The highest BCUT2D eigenvalue weighted by Gasteiger charge is 2.18. The van der Waals surface area contributed by atoms with Crippen molar-refractivity contribution in [3.8, 4) is 0 Å². The number of hydrogen-bond acceptors (Lipinski definition) is 5. The van der Waals surface area contributed by atoms with Crippen LogP contribution in [0.4, 0.5) is 4.79 Å². The van der Waals surface area contributed by atoms with E-state index < -0.39 is 11.7 Å². The van der Waals surface area contributed by atoms with Crippen molar-refractivity contribution in [3.63, 3.8) is 0 Å². The highest BCUT2D eigenvalue weighted by molar-refractivity contribution is 5.72. The first-order valence-electron chi connectivity index (χ1n) is 6.74. The van der Waals surface area contributed by atoms with Crippen molar-refractivity contribution >= 4 is 12.1 Å². The summed E-state index contributed by atoms with van der Waals surface area (Å²) >= 11 is 0. The maximum Gasteiger partial charge on any atom is 0.407 e. The molecule has 2 N–H and O–H groups in total. The lowest BCUT2D eigenvalue weighted by molar-refractivity contribution is -0.150. The number of hydrogen-bond donors (Lipinski definition) is 2. The van der Waals surface area contributed by atoms with Crippen LogP contribution in [-0.2, 0) is 14.3 Å². The first-order chi connectivity index (χ1) is 8.87. The summed E-state index contributed by atoms with van der Waals surface area (Å²) in [6, 6.07) is 0. The van der Waals surface area contributed by atoms with E-state index in [0.717, 1.165) is 25.9 Å². The number of carbonyl (C=O) groups excluding carboxylic acids is 2. The van der Waals surface area contributed by atoms with Gasteiger partial charge in [0, 0.05) is 6.54 Å². The van der Waals surface area contributed by atoms with Crippen molar-refractivity contribution in [2.24, 2.45) is 0 Å². The fourth-order valence-corrected chi connectivity index (χ4v) is 1.74. The van der Waals surface area contributed by atoms with E-state index in [0.29, 0.717) is 0 Å². The molecule has 0 unspecified atom stereocenters. The summed E-state index contributed by atoms with van der Waals surface area (Å²) in [4.78, 5) is 22.9. The summed E-state index contributed by atoms with van der Waals surface area (Å²) in [5.74, 6) is -0.275. The Morgan fingerprint density at radius 1 is 1.26 bits per heavy atom. The van der Waals surface area contributed by atoms with E-state index in [1.165, 1.54) is 0 Å². The van der Waals surface area contributed by atoms with Gasteiger partial charge in [0.15, 0.2) is 0 Å². The maximum absolute atomic E-state index is 11.5. The van der Waals surface area contributed by atoms with Crippen molar-refractivity contribution in [1.82, 2.24) is 10.6 Å². The summed E-state index contributed by atoms with van der Waals surface area (Å²) in [7, 11) is 0. The van der Waals surface area contributed by atoms with E-state index in [4.69, 9.17) is 9.47 Å². The molecule has 110 valence electrons. The molecule has 0 atom stereocenters. The van der Waals surface area contributed by atoms with Crippen molar-refractivity contribution in [2.75, 3.05) is 19.6 Å². The van der Waals surface area contributed by atoms with Gasteiger partial charge in [0.1, 0.15) is 11.7 Å². The van der Waals surface area contributed by atoms with Crippen LogP contribution in [0.1, 0.15) is 40.0 Å². The Hall–Kier alpha value is -1.30. The van der Waals surface area contributed by atoms with Crippen LogP contribution in [0.2, 0.25) is 0 Å². The smallest absolute Gasteiger partial charge is 0.407 e. The molecule has 19 heavy (non-hydrogen) atoms. The van der Waals surface area contributed by atoms with Gasteiger partial charge < -0.3 is 20.1 Å². The van der Waals surface area contributed by atoms with Gasteiger partial charge in [-0.05, 0) is 46.7 Å². The predicted octanol–water partition coefficient (Wildman–Crippen LogP) is 1.20. The highest BCUT2D eigenvalue weighted by Crippen LogP contribution is 2.08. The van der Waals surface area contributed by atoms with Crippen molar-refractivity contribution in [2.45, 2.75) is 51.7 Å². The minimum absolute atomic E-state index is 0.00952. The molecule has 0 aliphatic carbocycles. The third-order valence-electron chi connectivity index (χ3n) is 2.58. The van der Waals surface area contributed by atoms with Crippen LogP contribution in [0.15, 0.2) is 0 Å². The van der Waals surface area contributed by atoms with Crippen LogP contribution in [0, 0.1) is 0 Å². The van der Waals surface area contributed by atoms with E-state index >= 15 is 0 Å². The summed E-state index contributed by atoms with van der Waals surface area (Å²) in [5.41, 5.74) is -0.528. The molecule has 0 aromatic heterocycles. The molecule has 1 saturated heterocycles. The van der Waals surface area contributed by atoms with Crippen molar-refractivity contribution in [3.05, 3.63) is 0 Å². The largest absolute Gasteiger partial charge is 0.462 e. The predicted molar refractivity (Wildman–Crippen MR) is 70.8 cm³/mol. The average Bonchev–Trinajstić information content (AvgIpc) is 2.27. The number of amides is 1. The van der Waals surface area contributed by atoms with Crippen LogP contribution in [-0.4, -0.2) is 43.4 Å². The van der Waals surface area contributed by atoms with Crippen LogP contribution < -0.4 is 10.6 Å². The van der Waals surface area contributed by atoms with Gasteiger partial charge in [-0.15, -0.1) is 0 Å². The number of piperidine rings is 1. The molecule has 1 heterocycles. The van der Waals surface area contributed by atoms with Crippen molar-refractivity contribution < 1.29 is 19.1 Å². The van der Waals surface area contributed by atoms with E-state index in [9.17, 15) is 9.59 Å². The topological polar surface area (TPSA) is 76.7 Å². The van der Waals surface area contributed by atoms with E-state index in [1.807, 2.05) is 0 Å². The number of rotatable bonds is 4. The first kappa shape index (κ1) is 15.8. The second-order valence-corrected chi connectivity index (χ2v) is 5.62. The van der Waals surface area contributed by atoms with Crippen LogP contribution in [0.5, 0.6) is 0 Å². The zero-order valence-electron chi connectivity index (χ0n) is 12.0. The lowest BCUT2D eigenvalue weighted by Gasteiger charge is -2.23. The second kappa shape index (κ2) is 7.33. The second-order valence-electron chi connectivity index (χ2n) is 5.62. The molecule has 1 aliphatic rings. The van der Waals surface area contributed by atoms with Gasteiger partial charge >= 0.3 is 12.1 Å². The molecule has 6 nitrogen and oxygen atoms in total. The molecule has 0 bridgehead atoms. The van der Waals surface area contributed by atoms with Gasteiger partial charge in [-0.3, -0.25) is 4.79 Å². The molecule has 0 aromatic rings. The third kappa shape index (κ3) is 7.66. The Morgan fingerprint density at radius 2 is 1.89 bits per heavy atom. The first-order valence-corrected chi connectivity index (χ1v) is 6.74. The zero-order valence-corrected chi connectivity index (χ0v) is 12.0. The van der Waals surface area contributed by atoms with Crippen LogP contribution in [0.25, 0.3) is 0 Å². The molecule has 6 heteroatoms. The Bertz CT molecular complexity index is 306. The fraction of sp³-hybridized carbons (Fsp3) is 0.846. The van der Waals surface area contributed by atoms with Crippen LogP contribution in [0.3, 0.4) is 0 Å². The van der Waals surface area contributed by atoms with E-state index in [2.05, 4.69) is 10.6 Å². The highest BCUT2D eigenvalue weighted by atomic mass is 16.6. The molecule has 1 amide bonds. The maximum atomic E-state index is 11.5. The minimum atomic E-state index is -0.528. The normalized spacial score (nSPS) is 16.8. The molecular weight excluding hydrogens is 248 g/mol. The van der Waals surface area contributed by atoms with E-state index in [1.54, 1.807) is 20.8 Å². The van der Waals surface area contributed by atoms with Gasteiger partial charge in [-0.2, -0.15) is 0 Å². The Kier molecular flexibility index (Phi) is 6.08. The molecule has 0 radical (unpaired) electrons. The minimum Gasteiger partial charge on any atom is -0.462 e. The standard InChI is InChI=1S/C13H24N2O4/c1-13(2,3)19-12(17)15-9-6-11(16)18-10-4-7-14-8-5-10/h10,14H,4-9H2,1-3H3,(H,15,17). The summed E-state index contributed by atoms with van der Waals surface area (Å²) in [6.07, 6.45) is 1.37. The summed E-state index contributed by atoms with van der Waals surface area (Å²) < 4.78 is 10.4. The Balaban J connectivity index is 2.11. The quantitative estimate of drug-likeness (QED) is 0.752. The monoisotopic (exact) mass is 272 g/mol. The average molecular weight is 272 g/mol. The third-order valence-corrected chi connectivity index (χ3v) is 2.58. The summed E-state index contributed by atoms with van der Waals surface area (Å²) in [6.45, 7) is 7.37. The molecule has 0 spiro atoms. The van der Waals surface area contributed by atoms with Gasteiger partial charge in [-0.1, -0.05) is 0 Å². The number of ether oxygens (including phenoxy) is 2.